The van der Waals surface area contributed by atoms with Crippen LogP contribution in [0.1, 0.15) is 34.8 Å². The van der Waals surface area contributed by atoms with E-state index in [0.29, 0.717) is 12.2 Å². The lowest BCUT2D eigenvalue weighted by atomic mass is 10.1. The van der Waals surface area contributed by atoms with E-state index in [-0.39, 0.29) is 5.97 Å². The molecule has 0 aliphatic carbocycles. The molecule has 3 nitrogen and oxygen atoms in total. The summed E-state index contributed by atoms with van der Waals surface area (Å²) in [5.74, 6) is 6.44. The molecule has 0 unspecified atom stereocenters. The number of aryl methyl sites for hydroxylation is 1. The number of methoxy groups -OCH3 is 1. The Morgan fingerprint density at radius 3 is 2.35 bits per heavy atom. The van der Waals surface area contributed by atoms with Gasteiger partial charge in [0.25, 0.3) is 0 Å². The molecule has 2 aromatic carbocycles. The van der Waals surface area contributed by atoms with Crippen molar-refractivity contribution in [2.24, 2.45) is 0 Å². The lowest BCUT2D eigenvalue weighted by Gasteiger charge is -2.03. The molecule has 0 saturated heterocycles. The third-order valence-electron chi connectivity index (χ3n) is 3.31. The van der Waals surface area contributed by atoms with E-state index in [2.05, 4.69) is 35.6 Å². The van der Waals surface area contributed by atoms with E-state index in [0.717, 1.165) is 24.2 Å². The van der Waals surface area contributed by atoms with Crippen LogP contribution in [0.3, 0.4) is 0 Å². The Labute approximate surface area is 137 Å². The number of carbonyl (C=O) groups is 1. The van der Waals surface area contributed by atoms with Gasteiger partial charge in [-0.05, 0) is 48.4 Å². The zero-order valence-corrected chi connectivity index (χ0v) is 13.5. The van der Waals surface area contributed by atoms with Gasteiger partial charge in [-0.2, -0.15) is 0 Å². The van der Waals surface area contributed by atoms with E-state index < -0.39 is 0 Å². The summed E-state index contributed by atoms with van der Waals surface area (Å²) < 4.78 is 10.2. The number of hydrogen-bond donors (Lipinski definition) is 0. The summed E-state index contributed by atoms with van der Waals surface area (Å²) in [5, 5.41) is 0. The first-order valence-electron chi connectivity index (χ1n) is 7.62. The monoisotopic (exact) mass is 308 g/mol. The lowest BCUT2D eigenvalue weighted by Crippen LogP contribution is -2.00. The molecule has 0 spiro atoms. The van der Waals surface area contributed by atoms with Gasteiger partial charge in [0.15, 0.2) is 0 Å². The first-order valence-corrected chi connectivity index (χ1v) is 7.62. The molecule has 0 saturated carbocycles. The second-order valence-corrected chi connectivity index (χ2v) is 5.05. The lowest BCUT2D eigenvalue weighted by molar-refractivity contribution is 0.0600. The van der Waals surface area contributed by atoms with E-state index in [1.54, 1.807) is 24.3 Å². The van der Waals surface area contributed by atoms with Crippen molar-refractivity contribution >= 4 is 5.97 Å². The molecule has 0 amide bonds. The van der Waals surface area contributed by atoms with Crippen molar-refractivity contribution in [2.45, 2.75) is 19.8 Å². The van der Waals surface area contributed by atoms with Crippen LogP contribution < -0.4 is 4.74 Å². The van der Waals surface area contributed by atoms with Crippen molar-refractivity contribution in [1.29, 1.82) is 0 Å². The minimum absolute atomic E-state index is 0.325. The summed E-state index contributed by atoms with van der Waals surface area (Å²) in [6.07, 6.45) is 2.22. The third-order valence-corrected chi connectivity index (χ3v) is 3.31. The van der Waals surface area contributed by atoms with Crippen molar-refractivity contribution in [3.8, 4) is 17.6 Å². The Hall–Kier alpha value is -2.73. The van der Waals surface area contributed by atoms with Crippen molar-refractivity contribution in [3.63, 3.8) is 0 Å². The number of hydrogen-bond acceptors (Lipinski definition) is 3. The normalized spacial score (nSPS) is 9.65. The highest BCUT2D eigenvalue weighted by atomic mass is 16.5. The molecule has 118 valence electrons. The fourth-order valence-corrected chi connectivity index (χ4v) is 2.11. The third kappa shape index (κ3) is 5.19. The highest BCUT2D eigenvalue weighted by Gasteiger charge is 2.03. The maximum Gasteiger partial charge on any atom is 0.337 e. The highest BCUT2D eigenvalue weighted by molar-refractivity contribution is 5.89. The van der Waals surface area contributed by atoms with Gasteiger partial charge in [0.1, 0.15) is 12.4 Å². The van der Waals surface area contributed by atoms with Crippen LogP contribution in [0.4, 0.5) is 0 Å². The smallest absolute Gasteiger partial charge is 0.337 e. The van der Waals surface area contributed by atoms with Crippen LogP contribution in [0.15, 0.2) is 48.5 Å². The molecule has 23 heavy (non-hydrogen) atoms. The molecule has 0 N–H and O–H groups in total. The summed E-state index contributed by atoms with van der Waals surface area (Å²) in [6, 6.07) is 15.1. The van der Waals surface area contributed by atoms with Crippen LogP contribution in [0.2, 0.25) is 0 Å². The summed E-state index contributed by atoms with van der Waals surface area (Å²) in [7, 11) is 1.36. The van der Waals surface area contributed by atoms with E-state index >= 15 is 0 Å². The van der Waals surface area contributed by atoms with Gasteiger partial charge in [0.05, 0.1) is 12.7 Å². The van der Waals surface area contributed by atoms with Crippen molar-refractivity contribution in [1.82, 2.24) is 0 Å². The number of benzene rings is 2. The van der Waals surface area contributed by atoms with Gasteiger partial charge >= 0.3 is 5.97 Å². The van der Waals surface area contributed by atoms with Crippen LogP contribution >= 0.6 is 0 Å². The van der Waals surface area contributed by atoms with Crippen molar-refractivity contribution in [3.05, 3.63) is 65.2 Å². The first-order chi connectivity index (χ1) is 11.2. The quantitative estimate of drug-likeness (QED) is 0.621. The standard InChI is InChI=1S/C20H20O3/c1-3-5-16-9-13-19(14-10-16)23-15-4-6-17-7-11-18(12-8-17)20(21)22-2/h7-14H,3,5,15H2,1-2H3. The molecule has 0 aliphatic heterocycles. The molecular weight excluding hydrogens is 288 g/mol. The predicted octanol–water partition coefficient (Wildman–Crippen LogP) is 3.86. The number of rotatable bonds is 5. The zero-order chi connectivity index (χ0) is 16.5. The largest absolute Gasteiger partial charge is 0.481 e. The Morgan fingerprint density at radius 2 is 1.74 bits per heavy atom. The van der Waals surface area contributed by atoms with Gasteiger partial charge in [-0.25, -0.2) is 4.79 Å². The molecule has 0 atom stereocenters. The average molecular weight is 308 g/mol. The molecule has 0 fully saturated rings. The van der Waals surface area contributed by atoms with Crippen LogP contribution in [-0.4, -0.2) is 19.7 Å². The van der Waals surface area contributed by atoms with Crippen LogP contribution in [-0.2, 0) is 11.2 Å². The predicted molar refractivity (Wildman–Crippen MR) is 90.6 cm³/mol. The maximum atomic E-state index is 11.3. The minimum Gasteiger partial charge on any atom is -0.481 e. The molecule has 0 aromatic heterocycles. The van der Waals surface area contributed by atoms with Gasteiger partial charge in [0, 0.05) is 5.56 Å². The number of esters is 1. The Morgan fingerprint density at radius 1 is 1.04 bits per heavy atom. The average Bonchev–Trinajstić information content (AvgIpc) is 2.60. The van der Waals surface area contributed by atoms with Gasteiger partial charge in [0.2, 0.25) is 0 Å². The highest BCUT2D eigenvalue weighted by Crippen LogP contribution is 2.13. The topological polar surface area (TPSA) is 35.5 Å². The Bertz CT molecular complexity index is 688. The molecule has 0 bridgehead atoms. The summed E-state index contributed by atoms with van der Waals surface area (Å²) in [5.41, 5.74) is 2.66. The van der Waals surface area contributed by atoms with Crippen LogP contribution in [0.25, 0.3) is 0 Å². The summed E-state index contributed by atoms with van der Waals surface area (Å²) >= 11 is 0. The SMILES string of the molecule is CCCc1ccc(OCC#Cc2ccc(C(=O)OC)cc2)cc1. The number of carbonyl (C=O) groups excluding carboxylic acids is 1. The van der Waals surface area contributed by atoms with Crippen molar-refractivity contribution < 1.29 is 14.3 Å². The Balaban J connectivity index is 1.86. The zero-order valence-electron chi connectivity index (χ0n) is 13.5. The second kappa shape index (κ2) is 8.65. The molecule has 3 heteroatoms. The molecular formula is C20H20O3. The first kappa shape index (κ1) is 16.6. The summed E-state index contributed by atoms with van der Waals surface area (Å²) in [6.45, 7) is 2.49. The number of ether oxygens (including phenoxy) is 2. The molecule has 0 heterocycles. The molecule has 2 aromatic rings. The van der Waals surface area contributed by atoms with E-state index in [1.807, 2.05) is 12.1 Å². The fraction of sp³-hybridized carbons (Fsp3) is 0.250. The molecule has 2 rings (SSSR count). The van der Waals surface area contributed by atoms with Gasteiger partial charge in [-0.1, -0.05) is 37.3 Å². The minimum atomic E-state index is -0.348. The molecule has 0 aliphatic rings. The van der Waals surface area contributed by atoms with Gasteiger partial charge in [-0.15, -0.1) is 0 Å². The van der Waals surface area contributed by atoms with E-state index in [9.17, 15) is 4.79 Å². The van der Waals surface area contributed by atoms with E-state index in [4.69, 9.17) is 4.74 Å². The van der Waals surface area contributed by atoms with Gasteiger partial charge < -0.3 is 9.47 Å². The van der Waals surface area contributed by atoms with Crippen molar-refractivity contribution in [2.75, 3.05) is 13.7 Å². The molecule has 0 radical (unpaired) electrons. The summed E-state index contributed by atoms with van der Waals surface area (Å²) in [4.78, 5) is 11.3. The van der Waals surface area contributed by atoms with Crippen LogP contribution in [0, 0.1) is 11.8 Å². The second-order valence-electron chi connectivity index (χ2n) is 5.05. The van der Waals surface area contributed by atoms with Crippen LogP contribution in [0.5, 0.6) is 5.75 Å². The van der Waals surface area contributed by atoms with Gasteiger partial charge in [-0.3, -0.25) is 0 Å². The fourth-order valence-electron chi connectivity index (χ4n) is 2.11. The van der Waals surface area contributed by atoms with E-state index in [1.165, 1.54) is 12.7 Å². The Kier molecular flexibility index (Phi) is 6.26. The maximum absolute atomic E-state index is 11.3.